The number of hydrogen-bond acceptors (Lipinski definition) is 2. The third-order valence-electron chi connectivity index (χ3n) is 3.21. The van der Waals surface area contributed by atoms with Crippen LogP contribution in [0, 0.1) is 17.5 Å². The minimum absolute atomic E-state index is 0.0891. The number of benzene rings is 1. The van der Waals surface area contributed by atoms with Crippen molar-refractivity contribution in [3.8, 4) is 0 Å². The largest absolute Gasteiger partial charge is 0.311 e. The number of nitrogens with one attached hydrogen (secondary N) is 1. The van der Waals surface area contributed by atoms with Crippen LogP contribution in [0.25, 0.3) is 0 Å². The second-order valence-corrected chi connectivity index (χ2v) is 4.57. The van der Waals surface area contributed by atoms with Crippen molar-refractivity contribution < 1.29 is 13.2 Å². The summed E-state index contributed by atoms with van der Waals surface area (Å²) in [7, 11) is 0. The first kappa shape index (κ1) is 13.4. The predicted octanol–water partition coefficient (Wildman–Crippen LogP) is 2.29. The molecule has 1 aliphatic heterocycles. The van der Waals surface area contributed by atoms with Crippen molar-refractivity contribution in [3.63, 3.8) is 0 Å². The van der Waals surface area contributed by atoms with Crippen molar-refractivity contribution >= 4 is 0 Å². The molecule has 5 heteroatoms. The van der Waals surface area contributed by atoms with Gasteiger partial charge >= 0.3 is 0 Å². The van der Waals surface area contributed by atoms with Crippen LogP contribution in [-0.2, 0) is 6.54 Å². The van der Waals surface area contributed by atoms with E-state index >= 15 is 0 Å². The standard InChI is InChI=1S/C13H17F3N2/c14-10-7-12(15)11(13(16)8-10)9-17-3-6-18-4-1-2-5-18/h7-8,17H,1-6,9H2. The van der Waals surface area contributed by atoms with Gasteiger partial charge in [-0.15, -0.1) is 0 Å². The van der Waals surface area contributed by atoms with Crippen LogP contribution < -0.4 is 5.32 Å². The van der Waals surface area contributed by atoms with E-state index < -0.39 is 17.5 Å². The minimum Gasteiger partial charge on any atom is -0.311 e. The molecule has 0 saturated carbocycles. The van der Waals surface area contributed by atoms with Crippen LogP contribution in [0.2, 0.25) is 0 Å². The summed E-state index contributed by atoms with van der Waals surface area (Å²) in [5, 5.41) is 2.99. The van der Waals surface area contributed by atoms with Gasteiger partial charge in [0.1, 0.15) is 17.5 Å². The van der Waals surface area contributed by atoms with Crippen LogP contribution in [-0.4, -0.2) is 31.1 Å². The van der Waals surface area contributed by atoms with Gasteiger partial charge in [-0.25, -0.2) is 13.2 Å². The molecule has 0 bridgehead atoms. The molecule has 0 atom stereocenters. The van der Waals surface area contributed by atoms with Crippen LogP contribution in [0.1, 0.15) is 18.4 Å². The molecule has 1 aromatic carbocycles. The minimum atomic E-state index is -0.884. The summed E-state index contributed by atoms with van der Waals surface area (Å²) in [5.74, 6) is -2.55. The average molecular weight is 258 g/mol. The summed E-state index contributed by atoms with van der Waals surface area (Å²) in [5.41, 5.74) is -0.0992. The maximum atomic E-state index is 13.3. The molecule has 1 saturated heterocycles. The molecular formula is C13H17F3N2. The Bertz CT molecular complexity index is 380. The molecule has 0 spiro atoms. The lowest BCUT2D eigenvalue weighted by Gasteiger charge is -2.15. The molecule has 2 nitrogen and oxygen atoms in total. The number of halogens is 3. The third-order valence-corrected chi connectivity index (χ3v) is 3.21. The molecule has 0 aromatic heterocycles. The Morgan fingerprint density at radius 3 is 2.28 bits per heavy atom. The molecule has 0 aliphatic carbocycles. The zero-order valence-corrected chi connectivity index (χ0v) is 10.2. The Morgan fingerprint density at radius 1 is 1.06 bits per heavy atom. The highest BCUT2D eigenvalue weighted by Gasteiger charge is 2.12. The second kappa shape index (κ2) is 6.20. The van der Waals surface area contributed by atoms with Crippen LogP contribution in [0.4, 0.5) is 13.2 Å². The highest BCUT2D eigenvalue weighted by atomic mass is 19.1. The first-order chi connectivity index (χ1) is 8.66. The van der Waals surface area contributed by atoms with Crippen molar-refractivity contribution in [2.45, 2.75) is 19.4 Å². The lowest BCUT2D eigenvalue weighted by Crippen LogP contribution is -2.30. The summed E-state index contributed by atoms with van der Waals surface area (Å²) in [6, 6.07) is 1.42. The normalized spacial score (nSPS) is 16.4. The summed E-state index contributed by atoms with van der Waals surface area (Å²) >= 11 is 0. The monoisotopic (exact) mass is 258 g/mol. The van der Waals surface area contributed by atoms with Gasteiger partial charge in [0.2, 0.25) is 0 Å². The summed E-state index contributed by atoms with van der Waals surface area (Å²) in [6.07, 6.45) is 2.45. The number of nitrogens with zero attached hydrogens (tertiary/aromatic N) is 1. The van der Waals surface area contributed by atoms with Gasteiger partial charge in [-0.2, -0.15) is 0 Å². The van der Waals surface area contributed by atoms with Gasteiger partial charge in [0.25, 0.3) is 0 Å². The average Bonchev–Trinajstić information content (AvgIpc) is 2.79. The fourth-order valence-electron chi connectivity index (χ4n) is 2.20. The Morgan fingerprint density at radius 2 is 1.67 bits per heavy atom. The van der Waals surface area contributed by atoms with Gasteiger partial charge in [-0.1, -0.05) is 0 Å². The Balaban J connectivity index is 1.79. The smallest absolute Gasteiger partial charge is 0.133 e. The molecule has 1 fully saturated rings. The Hall–Kier alpha value is -1.07. The maximum Gasteiger partial charge on any atom is 0.133 e. The van der Waals surface area contributed by atoms with E-state index in [0.29, 0.717) is 18.7 Å². The zero-order valence-electron chi connectivity index (χ0n) is 10.2. The van der Waals surface area contributed by atoms with Crippen molar-refractivity contribution in [1.29, 1.82) is 0 Å². The van der Waals surface area contributed by atoms with Crippen molar-refractivity contribution in [3.05, 3.63) is 35.1 Å². The van der Waals surface area contributed by atoms with Crippen LogP contribution >= 0.6 is 0 Å². The van der Waals surface area contributed by atoms with Gasteiger partial charge in [-0.3, -0.25) is 0 Å². The molecule has 1 aliphatic rings. The molecule has 0 radical (unpaired) electrons. The Labute approximate surface area is 105 Å². The predicted molar refractivity (Wildman–Crippen MR) is 63.7 cm³/mol. The van der Waals surface area contributed by atoms with Crippen LogP contribution in [0.3, 0.4) is 0 Å². The number of likely N-dealkylation sites (tertiary alicyclic amines) is 1. The molecule has 1 aromatic rings. The highest BCUT2D eigenvalue weighted by molar-refractivity contribution is 5.20. The summed E-state index contributed by atoms with van der Waals surface area (Å²) < 4.78 is 39.3. The molecule has 0 amide bonds. The first-order valence-corrected chi connectivity index (χ1v) is 6.23. The molecular weight excluding hydrogens is 241 g/mol. The van der Waals surface area contributed by atoms with Crippen LogP contribution in [0.5, 0.6) is 0 Å². The van der Waals surface area contributed by atoms with Gasteiger partial charge in [0, 0.05) is 37.3 Å². The maximum absolute atomic E-state index is 13.3. The van der Waals surface area contributed by atoms with E-state index in [2.05, 4.69) is 10.2 Å². The van der Waals surface area contributed by atoms with Gasteiger partial charge < -0.3 is 10.2 Å². The topological polar surface area (TPSA) is 15.3 Å². The quantitative estimate of drug-likeness (QED) is 0.815. The lowest BCUT2D eigenvalue weighted by molar-refractivity contribution is 0.334. The van der Waals surface area contributed by atoms with E-state index in [0.717, 1.165) is 19.6 Å². The summed E-state index contributed by atoms with van der Waals surface area (Å²) in [4.78, 5) is 2.31. The second-order valence-electron chi connectivity index (χ2n) is 4.57. The van der Waals surface area contributed by atoms with E-state index in [4.69, 9.17) is 0 Å². The molecule has 1 N–H and O–H groups in total. The van der Waals surface area contributed by atoms with Crippen LogP contribution in [0.15, 0.2) is 12.1 Å². The zero-order chi connectivity index (χ0) is 13.0. The van der Waals surface area contributed by atoms with Gasteiger partial charge in [0.15, 0.2) is 0 Å². The van der Waals surface area contributed by atoms with Crippen molar-refractivity contribution in [1.82, 2.24) is 10.2 Å². The SMILES string of the molecule is Fc1cc(F)c(CNCCN2CCCC2)c(F)c1. The highest BCUT2D eigenvalue weighted by Crippen LogP contribution is 2.14. The van der Waals surface area contributed by atoms with E-state index in [1.54, 1.807) is 0 Å². The molecule has 100 valence electrons. The number of rotatable bonds is 5. The lowest BCUT2D eigenvalue weighted by atomic mass is 10.2. The fourth-order valence-corrected chi connectivity index (χ4v) is 2.20. The van der Waals surface area contributed by atoms with E-state index in [9.17, 15) is 13.2 Å². The molecule has 2 rings (SSSR count). The fraction of sp³-hybridized carbons (Fsp3) is 0.538. The van der Waals surface area contributed by atoms with Gasteiger partial charge in [-0.05, 0) is 25.9 Å². The van der Waals surface area contributed by atoms with E-state index in [1.807, 2.05) is 0 Å². The summed E-state index contributed by atoms with van der Waals surface area (Å²) in [6.45, 7) is 3.84. The first-order valence-electron chi connectivity index (χ1n) is 6.23. The molecule has 1 heterocycles. The number of hydrogen-bond donors (Lipinski definition) is 1. The Kier molecular flexibility index (Phi) is 4.60. The van der Waals surface area contributed by atoms with Gasteiger partial charge in [0.05, 0.1) is 0 Å². The molecule has 18 heavy (non-hydrogen) atoms. The van der Waals surface area contributed by atoms with Crippen molar-refractivity contribution in [2.24, 2.45) is 0 Å². The third kappa shape index (κ3) is 3.46. The van der Waals surface area contributed by atoms with Crippen molar-refractivity contribution in [2.75, 3.05) is 26.2 Å². The molecule has 0 unspecified atom stereocenters. The van der Waals surface area contributed by atoms with E-state index in [-0.39, 0.29) is 12.1 Å². The van der Waals surface area contributed by atoms with E-state index in [1.165, 1.54) is 12.8 Å².